The van der Waals surface area contributed by atoms with Gasteiger partial charge in [-0.2, -0.15) is 0 Å². The second kappa shape index (κ2) is 9.83. The molecule has 8 heteroatoms. The highest BCUT2D eigenvalue weighted by Crippen LogP contribution is 2.31. The van der Waals surface area contributed by atoms with Gasteiger partial charge in [-0.15, -0.1) is 0 Å². The Morgan fingerprint density at radius 2 is 1.88 bits per heavy atom. The van der Waals surface area contributed by atoms with E-state index in [1.807, 2.05) is 39.9 Å². The van der Waals surface area contributed by atoms with Gasteiger partial charge in [0.15, 0.2) is 0 Å². The molecule has 1 aliphatic heterocycles. The molecule has 3 amide bonds. The Morgan fingerprint density at radius 3 is 2.59 bits per heavy atom. The number of hydrogen-bond donors (Lipinski definition) is 2. The third kappa shape index (κ3) is 5.92. The Hall–Kier alpha value is -3.42. The number of carbonyl (C=O) groups is 2. The fourth-order valence-electron chi connectivity index (χ4n) is 4.33. The highest BCUT2D eigenvalue weighted by molar-refractivity contribution is 5.89. The maximum atomic E-state index is 14.7. The first-order chi connectivity index (χ1) is 16.2. The number of pyridine rings is 1. The number of fused-ring (bicyclic) bond motifs is 1. The molecule has 1 aliphatic rings. The third-order valence-corrected chi connectivity index (χ3v) is 6.16. The van der Waals surface area contributed by atoms with E-state index in [4.69, 9.17) is 0 Å². The van der Waals surface area contributed by atoms with Crippen molar-refractivity contribution in [2.45, 2.75) is 52.5 Å². The first-order valence-corrected chi connectivity index (χ1v) is 11.7. The molecule has 1 saturated heterocycles. The van der Waals surface area contributed by atoms with Crippen molar-refractivity contribution < 1.29 is 14.0 Å². The fourth-order valence-corrected chi connectivity index (χ4v) is 4.33. The van der Waals surface area contributed by atoms with Gasteiger partial charge >= 0.3 is 6.03 Å². The third-order valence-electron chi connectivity index (χ3n) is 6.16. The topological polar surface area (TPSA) is 78.7 Å². The van der Waals surface area contributed by atoms with Gasteiger partial charge < -0.3 is 19.9 Å². The van der Waals surface area contributed by atoms with Crippen LogP contribution in [0, 0.1) is 11.2 Å². The van der Waals surface area contributed by atoms with Gasteiger partial charge in [-0.05, 0) is 59.6 Å². The summed E-state index contributed by atoms with van der Waals surface area (Å²) in [4.78, 5) is 30.9. The van der Waals surface area contributed by atoms with Crippen LogP contribution in [0.2, 0.25) is 0 Å². The molecule has 2 aromatic heterocycles. The number of aromatic nitrogens is 2. The van der Waals surface area contributed by atoms with E-state index in [0.29, 0.717) is 26.1 Å². The van der Waals surface area contributed by atoms with Gasteiger partial charge in [-0.1, -0.05) is 26.8 Å². The fraction of sp³-hybridized carbons (Fsp3) is 0.423. The van der Waals surface area contributed by atoms with E-state index in [9.17, 15) is 14.0 Å². The summed E-state index contributed by atoms with van der Waals surface area (Å²) in [5, 5.41) is 5.34. The molecule has 0 atom stereocenters. The molecule has 3 heterocycles. The SMILES string of the molecule is CC(C)(C)CC(=O)N1CCC(c2ccc(NC(=O)NCc3ccn4ccnc4c3)c(F)c2)CC1. The average Bonchev–Trinajstić information content (AvgIpc) is 3.26. The monoisotopic (exact) mass is 465 g/mol. The van der Waals surface area contributed by atoms with E-state index in [2.05, 4.69) is 36.4 Å². The van der Waals surface area contributed by atoms with Crippen molar-refractivity contribution in [2.24, 2.45) is 5.41 Å². The molecule has 3 aromatic rings. The van der Waals surface area contributed by atoms with Crippen LogP contribution in [0.4, 0.5) is 14.9 Å². The number of anilines is 1. The molecule has 34 heavy (non-hydrogen) atoms. The number of likely N-dealkylation sites (tertiary alicyclic amines) is 1. The molecular formula is C26H32FN5O2. The lowest BCUT2D eigenvalue weighted by molar-refractivity contribution is -0.134. The molecule has 1 aromatic carbocycles. The standard InChI is InChI=1S/C26H32FN5O2/c1-26(2,3)16-24(33)32-11-7-19(8-12-32)20-4-5-22(21(27)15-20)30-25(34)29-17-18-6-10-31-13-9-28-23(31)14-18/h4-6,9-10,13-15,19H,7-8,11-12,16-17H2,1-3H3,(H2,29,30,34). The first-order valence-electron chi connectivity index (χ1n) is 11.7. The summed E-state index contributed by atoms with van der Waals surface area (Å²) < 4.78 is 16.6. The molecule has 0 bridgehead atoms. The van der Waals surface area contributed by atoms with Crippen LogP contribution < -0.4 is 10.6 Å². The number of amides is 3. The zero-order valence-electron chi connectivity index (χ0n) is 20.0. The molecule has 0 aliphatic carbocycles. The van der Waals surface area contributed by atoms with Crippen LogP contribution in [-0.2, 0) is 11.3 Å². The van der Waals surface area contributed by atoms with E-state index in [1.54, 1.807) is 12.3 Å². The molecule has 0 radical (unpaired) electrons. The van der Waals surface area contributed by atoms with Crippen molar-refractivity contribution >= 4 is 23.3 Å². The average molecular weight is 466 g/mol. The highest BCUT2D eigenvalue weighted by Gasteiger charge is 2.27. The number of hydrogen-bond acceptors (Lipinski definition) is 3. The lowest BCUT2D eigenvalue weighted by Gasteiger charge is -2.34. The minimum Gasteiger partial charge on any atom is -0.343 e. The summed E-state index contributed by atoms with van der Waals surface area (Å²) in [6.07, 6.45) is 7.59. The summed E-state index contributed by atoms with van der Waals surface area (Å²) in [6, 6.07) is 8.28. The number of halogens is 1. The van der Waals surface area contributed by atoms with Gasteiger partial charge in [0, 0.05) is 44.6 Å². The van der Waals surface area contributed by atoms with E-state index in [0.717, 1.165) is 29.6 Å². The van der Waals surface area contributed by atoms with Crippen LogP contribution in [-0.4, -0.2) is 39.3 Å². The second-order valence-electron chi connectivity index (χ2n) is 10.2. The van der Waals surface area contributed by atoms with Gasteiger partial charge in [0.25, 0.3) is 0 Å². The predicted octanol–water partition coefficient (Wildman–Crippen LogP) is 4.94. The van der Waals surface area contributed by atoms with E-state index in [1.165, 1.54) is 6.07 Å². The normalized spacial score (nSPS) is 14.9. The van der Waals surface area contributed by atoms with Crippen molar-refractivity contribution in [3.05, 3.63) is 65.9 Å². The Morgan fingerprint density at radius 1 is 1.12 bits per heavy atom. The maximum Gasteiger partial charge on any atom is 0.319 e. The summed E-state index contributed by atoms with van der Waals surface area (Å²) in [7, 11) is 0. The smallest absolute Gasteiger partial charge is 0.319 e. The maximum absolute atomic E-state index is 14.7. The van der Waals surface area contributed by atoms with Gasteiger partial charge in [0.05, 0.1) is 5.69 Å². The van der Waals surface area contributed by atoms with Crippen molar-refractivity contribution in [3.63, 3.8) is 0 Å². The van der Waals surface area contributed by atoms with E-state index >= 15 is 0 Å². The number of urea groups is 1. The summed E-state index contributed by atoms with van der Waals surface area (Å²) in [5.74, 6) is -0.0706. The molecular weight excluding hydrogens is 433 g/mol. The summed E-state index contributed by atoms with van der Waals surface area (Å²) in [5.41, 5.74) is 2.71. The number of nitrogens with one attached hydrogen (secondary N) is 2. The Labute approximate surface area is 199 Å². The predicted molar refractivity (Wildman–Crippen MR) is 130 cm³/mol. The van der Waals surface area contributed by atoms with E-state index < -0.39 is 11.8 Å². The molecule has 0 unspecified atom stereocenters. The Bertz CT molecular complexity index is 1180. The van der Waals surface area contributed by atoms with Crippen molar-refractivity contribution in [2.75, 3.05) is 18.4 Å². The zero-order chi connectivity index (χ0) is 24.3. The Kier molecular flexibility index (Phi) is 6.86. The largest absolute Gasteiger partial charge is 0.343 e. The number of nitrogens with zero attached hydrogens (tertiary/aromatic N) is 3. The van der Waals surface area contributed by atoms with Crippen LogP contribution in [0.15, 0.2) is 48.9 Å². The van der Waals surface area contributed by atoms with Crippen LogP contribution >= 0.6 is 0 Å². The number of carbonyl (C=O) groups excluding carboxylic acids is 2. The van der Waals surface area contributed by atoms with Crippen LogP contribution in [0.3, 0.4) is 0 Å². The molecule has 0 saturated carbocycles. The molecule has 180 valence electrons. The summed E-state index contributed by atoms with van der Waals surface area (Å²) >= 11 is 0. The second-order valence-corrected chi connectivity index (χ2v) is 10.2. The van der Waals surface area contributed by atoms with Gasteiger partial charge in [-0.25, -0.2) is 14.2 Å². The minimum atomic E-state index is -0.472. The lowest BCUT2D eigenvalue weighted by Crippen LogP contribution is -2.39. The Balaban J connectivity index is 1.29. The van der Waals surface area contributed by atoms with E-state index in [-0.39, 0.29) is 22.9 Å². The molecule has 2 N–H and O–H groups in total. The van der Waals surface area contributed by atoms with Crippen molar-refractivity contribution in [1.82, 2.24) is 19.6 Å². The molecule has 7 nitrogen and oxygen atoms in total. The molecule has 4 rings (SSSR count). The minimum absolute atomic E-state index is 0.0281. The van der Waals surface area contributed by atoms with Gasteiger partial charge in [0.2, 0.25) is 5.91 Å². The number of rotatable bonds is 5. The van der Waals surface area contributed by atoms with Crippen LogP contribution in [0.5, 0.6) is 0 Å². The highest BCUT2D eigenvalue weighted by atomic mass is 19.1. The number of imidazole rings is 1. The lowest BCUT2D eigenvalue weighted by atomic mass is 9.87. The molecule has 1 fully saturated rings. The summed E-state index contributed by atoms with van der Waals surface area (Å²) in [6.45, 7) is 7.88. The van der Waals surface area contributed by atoms with Crippen molar-refractivity contribution in [3.8, 4) is 0 Å². The first kappa shape index (κ1) is 23.7. The van der Waals surface area contributed by atoms with Gasteiger partial charge in [0.1, 0.15) is 11.5 Å². The van der Waals surface area contributed by atoms with Crippen LogP contribution in [0.25, 0.3) is 5.65 Å². The number of benzene rings is 1. The molecule has 0 spiro atoms. The quantitative estimate of drug-likeness (QED) is 0.560. The van der Waals surface area contributed by atoms with Crippen LogP contribution in [0.1, 0.15) is 57.1 Å². The van der Waals surface area contributed by atoms with Crippen molar-refractivity contribution in [1.29, 1.82) is 0 Å². The van der Waals surface area contributed by atoms with Gasteiger partial charge in [-0.3, -0.25) is 4.79 Å². The zero-order valence-corrected chi connectivity index (χ0v) is 20.0. The number of piperidine rings is 1.